The van der Waals surface area contributed by atoms with Gasteiger partial charge in [0, 0.05) is 31.8 Å². The van der Waals surface area contributed by atoms with Crippen LogP contribution in [0.3, 0.4) is 0 Å². The number of benzene rings is 1. The van der Waals surface area contributed by atoms with E-state index in [9.17, 15) is 17.2 Å². The van der Waals surface area contributed by atoms with Crippen LogP contribution >= 0.6 is 0 Å². The minimum atomic E-state index is -4.37. The summed E-state index contributed by atoms with van der Waals surface area (Å²) in [5.74, 6) is -2.58. The van der Waals surface area contributed by atoms with Crippen molar-refractivity contribution in [2.75, 3.05) is 38.1 Å². The number of morpholine rings is 1. The number of rotatable bonds is 6. The Kier molecular flexibility index (Phi) is 5.88. The lowest BCUT2D eigenvalue weighted by Crippen LogP contribution is -2.35. The molecule has 0 amide bonds. The fraction of sp³-hybridized carbons (Fsp3) is 0.353. The molecule has 1 aromatic heterocycles. The quantitative estimate of drug-likeness (QED) is 0.800. The van der Waals surface area contributed by atoms with E-state index in [1.807, 2.05) is 0 Å². The topological polar surface area (TPSA) is 80.8 Å². The average molecular weight is 399 g/mol. The van der Waals surface area contributed by atoms with E-state index in [1.54, 1.807) is 12.1 Å². The predicted octanol–water partition coefficient (Wildman–Crippen LogP) is 2.00. The van der Waals surface area contributed by atoms with Gasteiger partial charge in [0.05, 0.1) is 26.0 Å². The largest absolute Gasteiger partial charge is 0.495 e. The molecule has 1 fully saturated rings. The fourth-order valence-electron chi connectivity index (χ4n) is 2.75. The van der Waals surface area contributed by atoms with Crippen molar-refractivity contribution >= 4 is 15.8 Å². The highest BCUT2D eigenvalue weighted by atomic mass is 32.2. The zero-order chi connectivity index (χ0) is 19.4. The van der Waals surface area contributed by atoms with Crippen LogP contribution in [0.4, 0.5) is 14.6 Å². The van der Waals surface area contributed by atoms with E-state index in [2.05, 4.69) is 14.6 Å². The molecule has 2 aromatic rings. The summed E-state index contributed by atoms with van der Waals surface area (Å²) < 4.78 is 64.9. The molecule has 7 nitrogen and oxygen atoms in total. The maximum atomic E-state index is 14.1. The fourth-order valence-corrected chi connectivity index (χ4v) is 3.96. The number of pyridine rings is 1. The van der Waals surface area contributed by atoms with Crippen molar-refractivity contribution in [2.24, 2.45) is 0 Å². The Morgan fingerprint density at radius 3 is 2.70 bits per heavy atom. The van der Waals surface area contributed by atoms with E-state index >= 15 is 0 Å². The molecular weight excluding hydrogens is 380 g/mol. The molecule has 2 heterocycles. The molecule has 0 atom stereocenters. The first-order valence-electron chi connectivity index (χ1n) is 8.21. The maximum absolute atomic E-state index is 14.1. The van der Waals surface area contributed by atoms with Crippen LogP contribution < -0.4 is 9.46 Å². The van der Waals surface area contributed by atoms with E-state index in [4.69, 9.17) is 9.47 Å². The number of anilines is 1. The van der Waals surface area contributed by atoms with Crippen molar-refractivity contribution < 1.29 is 26.7 Å². The third-order valence-electron chi connectivity index (χ3n) is 4.00. The number of nitrogens with one attached hydrogen (secondary N) is 1. The van der Waals surface area contributed by atoms with Gasteiger partial charge in [0.2, 0.25) is 0 Å². The molecule has 0 saturated carbocycles. The number of hydrogen-bond acceptors (Lipinski definition) is 6. The summed E-state index contributed by atoms with van der Waals surface area (Å²) in [5, 5.41) is 0. The van der Waals surface area contributed by atoms with Crippen molar-refractivity contribution in [3.05, 3.63) is 47.7 Å². The van der Waals surface area contributed by atoms with E-state index in [0.717, 1.165) is 26.3 Å². The van der Waals surface area contributed by atoms with E-state index in [1.165, 1.54) is 6.07 Å². The monoisotopic (exact) mass is 399 g/mol. The molecule has 0 radical (unpaired) electrons. The number of sulfonamides is 1. The Balaban J connectivity index is 1.83. The summed E-state index contributed by atoms with van der Waals surface area (Å²) in [5.41, 5.74) is 0.656. The first-order chi connectivity index (χ1) is 12.9. The highest BCUT2D eigenvalue weighted by molar-refractivity contribution is 7.92. The van der Waals surface area contributed by atoms with Gasteiger partial charge in [0.25, 0.3) is 10.0 Å². The molecule has 1 aromatic carbocycles. The molecule has 1 N–H and O–H groups in total. The van der Waals surface area contributed by atoms with Crippen LogP contribution in [0, 0.1) is 11.6 Å². The Bertz CT molecular complexity index is 918. The maximum Gasteiger partial charge on any atom is 0.269 e. The number of nitrogens with zero attached hydrogens (tertiary/aromatic N) is 2. The van der Waals surface area contributed by atoms with E-state index < -0.39 is 32.3 Å². The summed E-state index contributed by atoms with van der Waals surface area (Å²) in [6, 6.07) is 6.17. The van der Waals surface area contributed by atoms with Gasteiger partial charge in [-0.3, -0.25) is 9.62 Å². The lowest BCUT2D eigenvalue weighted by molar-refractivity contribution is 0.0337. The molecule has 1 aliphatic rings. The number of ether oxygens (including phenoxy) is 2. The number of aromatic nitrogens is 1. The standard InChI is InChI=1S/C17H19F2N3O4S/c1-25-15-10-12(18)9-14(19)17(15)27(23,24)21-16-4-2-3-13(20-16)11-22-5-7-26-8-6-22/h2-4,9-10H,5-8,11H2,1H3,(H,20,21). The van der Waals surface area contributed by atoms with Crippen LogP contribution in [0.25, 0.3) is 0 Å². The third kappa shape index (κ3) is 4.71. The van der Waals surface area contributed by atoms with Gasteiger partial charge in [-0.25, -0.2) is 22.2 Å². The van der Waals surface area contributed by atoms with E-state index in [-0.39, 0.29) is 5.82 Å². The van der Waals surface area contributed by atoms with Gasteiger partial charge in [-0.05, 0) is 12.1 Å². The zero-order valence-corrected chi connectivity index (χ0v) is 15.4. The minimum Gasteiger partial charge on any atom is -0.495 e. The van der Waals surface area contributed by atoms with Crippen LogP contribution in [0.5, 0.6) is 5.75 Å². The Morgan fingerprint density at radius 2 is 2.00 bits per heavy atom. The first kappa shape index (κ1) is 19.5. The Morgan fingerprint density at radius 1 is 1.26 bits per heavy atom. The third-order valence-corrected chi connectivity index (χ3v) is 5.41. The highest BCUT2D eigenvalue weighted by Gasteiger charge is 2.26. The smallest absolute Gasteiger partial charge is 0.269 e. The summed E-state index contributed by atoms with van der Waals surface area (Å²) in [6.07, 6.45) is 0. The summed E-state index contributed by atoms with van der Waals surface area (Å²) >= 11 is 0. The van der Waals surface area contributed by atoms with Gasteiger partial charge >= 0.3 is 0 Å². The summed E-state index contributed by atoms with van der Waals surface area (Å²) in [6.45, 7) is 3.32. The van der Waals surface area contributed by atoms with Crippen LogP contribution in [-0.2, 0) is 21.3 Å². The van der Waals surface area contributed by atoms with Crippen LogP contribution in [0.2, 0.25) is 0 Å². The molecule has 0 bridgehead atoms. The molecule has 0 aliphatic carbocycles. The van der Waals surface area contributed by atoms with Gasteiger partial charge in [-0.1, -0.05) is 6.07 Å². The molecule has 1 saturated heterocycles. The van der Waals surface area contributed by atoms with Gasteiger partial charge in [-0.2, -0.15) is 0 Å². The normalized spacial score (nSPS) is 15.5. The molecule has 10 heteroatoms. The van der Waals surface area contributed by atoms with Crippen molar-refractivity contribution in [2.45, 2.75) is 11.4 Å². The molecule has 27 heavy (non-hydrogen) atoms. The number of halogens is 2. The molecule has 146 valence electrons. The lowest BCUT2D eigenvalue weighted by Gasteiger charge is -2.26. The molecular formula is C17H19F2N3O4S. The van der Waals surface area contributed by atoms with Gasteiger partial charge in [-0.15, -0.1) is 0 Å². The molecule has 3 rings (SSSR count). The zero-order valence-electron chi connectivity index (χ0n) is 14.6. The average Bonchev–Trinajstić information content (AvgIpc) is 2.61. The first-order valence-corrected chi connectivity index (χ1v) is 9.69. The number of methoxy groups -OCH3 is 1. The molecule has 0 unspecified atom stereocenters. The summed E-state index contributed by atoms with van der Waals surface area (Å²) in [4.78, 5) is 5.63. The van der Waals surface area contributed by atoms with Crippen molar-refractivity contribution in [1.29, 1.82) is 0 Å². The van der Waals surface area contributed by atoms with Crippen LogP contribution in [0.15, 0.2) is 35.2 Å². The lowest BCUT2D eigenvalue weighted by atomic mass is 10.3. The number of hydrogen-bond donors (Lipinski definition) is 1. The van der Waals surface area contributed by atoms with Gasteiger partial charge in [0.15, 0.2) is 4.90 Å². The highest BCUT2D eigenvalue weighted by Crippen LogP contribution is 2.29. The second kappa shape index (κ2) is 8.15. The second-order valence-electron chi connectivity index (χ2n) is 5.93. The SMILES string of the molecule is COc1cc(F)cc(F)c1S(=O)(=O)Nc1cccc(CN2CCOCC2)n1. The van der Waals surface area contributed by atoms with Crippen molar-refractivity contribution in [3.63, 3.8) is 0 Å². The van der Waals surface area contributed by atoms with Crippen molar-refractivity contribution in [1.82, 2.24) is 9.88 Å². The minimum absolute atomic E-state index is 0.0338. The molecule has 1 aliphatic heterocycles. The van der Waals surface area contributed by atoms with E-state index in [0.29, 0.717) is 31.5 Å². The van der Waals surface area contributed by atoms with Gasteiger partial charge in [0.1, 0.15) is 23.2 Å². The van der Waals surface area contributed by atoms with Crippen LogP contribution in [-0.4, -0.2) is 51.7 Å². The molecule has 0 spiro atoms. The summed E-state index contributed by atoms with van der Waals surface area (Å²) in [7, 11) is -3.23. The Labute approximate surface area is 156 Å². The van der Waals surface area contributed by atoms with Crippen molar-refractivity contribution in [3.8, 4) is 5.75 Å². The van der Waals surface area contributed by atoms with Crippen LogP contribution in [0.1, 0.15) is 5.69 Å². The predicted molar refractivity (Wildman–Crippen MR) is 94.1 cm³/mol. The Hall–Kier alpha value is -2.30. The van der Waals surface area contributed by atoms with Gasteiger partial charge < -0.3 is 9.47 Å². The second-order valence-corrected chi connectivity index (χ2v) is 7.55.